The van der Waals surface area contributed by atoms with E-state index in [0.29, 0.717) is 6.04 Å². The number of aromatic nitrogens is 4. The number of nitrogens with zero attached hydrogens (tertiary/aromatic N) is 5. The molecule has 0 radical (unpaired) electrons. The maximum absolute atomic E-state index is 4.87. The second-order valence-corrected chi connectivity index (χ2v) is 6.25. The number of hydrogen-bond donors (Lipinski definition) is 0. The van der Waals surface area contributed by atoms with Crippen LogP contribution in [0, 0.1) is 0 Å². The highest BCUT2D eigenvalue weighted by Gasteiger charge is 2.23. The zero-order valence-electron chi connectivity index (χ0n) is 13.4. The second kappa shape index (κ2) is 6.08. The van der Waals surface area contributed by atoms with Gasteiger partial charge in [-0.15, -0.1) is 0 Å². The lowest BCUT2D eigenvalue weighted by molar-refractivity contribution is 0.182. The first-order chi connectivity index (χ1) is 11.3. The van der Waals surface area contributed by atoms with Crippen LogP contribution in [0.15, 0.2) is 42.9 Å². The molecule has 4 heterocycles. The van der Waals surface area contributed by atoms with Crippen LogP contribution in [0.1, 0.15) is 25.1 Å². The summed E-state index contributed by atoms with van der Waals surface area (Å²) >= 11 is 0. The van der Waals surface area contributed by atoms with Crippen molar-refractivity contribution in [2.24, 2.45) is 0 Å². The minimum atomic E-state index is 0.557. The molecule has 1 fully saturated rings. The minimum absolute atomic E-state index is 0.557. The first-order valence-corrected chi connectivity index (χ1v) is 8.26. The number of piperidine rings is 1. The molecule has 1 aliphatic heterocycles. The van der Waals surface area contributed by atoms with E-state index in [1.807, 2.05) is 42.9 Å². The Hall–Kier alpha value is -2.27. The molecule has 1 aliphatic rings. The summed E-state index contributed by atoms with van der Waals surface area (Å²) in [6.45, 7) is 1.18. The summed E-state index contributed by atoms with van der Waals surface area (Å²) in [5, 5.41) is 0. The smallest absolute Gasteiger partial charge is 0.164 e. The van der Waals surface area contributed by atoms with Crippen molar-refractivity contribution in [3.05, 3.63) is 48.7 Å². The van der Waals surface area contributed by atoms with Crippen LogP contribution in [-0.2, 0) is 6.42 Å². The number of likely N-dealkylation sites (N-methyl/N-ethyl adjacent to an activating group) is 1. The molecule has 0 aromatic carbocycles. The van der Waals surface area contributed by atoms with Crippen LogP contribution < -0.4 is 0 Å². The maximum atomic E-state index is 4.87. The van der Waals surface area contributed by atoms with E-state index in [9.17, 15) is 0 Å². The lowest BCUT2D eigenvalue weighted by Crippen LogP contribution is -2.38. The van der Waals surface area contributed by atoms with Gasteiger partial charge in [-0.3, -0.25) is 9.55 Å². The predicted octanol–water partition coefficient (Wildman–Crippen LogP) is 2.84. The normalized spacial score (nSPS) is 19.3. The largest absolute Gasteiger partial charge is 0.303 e. The van der Waals surface area contributed by atoms with Gasteiger partial charge in [-0.2, -0.15) is 0 Å². The molecule has 0 saturated carbocycles. The molecule has 1 saturated heterocycles. The van der Waals surface area contributed by atoms with Crippen molar-refractivity contribution in [2.75, 3.05) is 13.6 Å². The lowest BCUT2D eigenvalue weighted by atomic mass is 10.00. The zero-order valence-corrected chi connectivity index (χ0v) is 13.4. The van der Waals surface area contributed by atoms with Gasteiger partial charge in [-0.05, 0) is 50.7 Å². The average Bonchev–Trinajstić information content (AvgIpc) is 2.95. The Bertz CT molecular complexity index is 796. The van der Waals surface area contributed by atoms with Crippen LogP contribution >= 0.6 is 0 Å². The quantitative estimate of drug-likeness (QED) is 0.746. The highest BCUT2D eigenvalue weighted by molar-refractivity contribution is 5.73. The van der Waals surface area contributed by atoms with E-state index in [4.69, 9.17) is 4.98 Å². The molecule has 3 aromatic rings. The van der Waals surface area contributed by atoms with E-state index in [2.05, 4.69) is 26.5 Å². The van der Waals surface area contributed by atoms with Gasteiger partial charge < -0.3 is 4.90 Å². The molecular formula is C18H21N5. The molecule has 5 heteroatoms. The van der Waals surface area contributed by atoms with Crippen molar-refractivity contribution in [1.29, 1.82) is 0 Å². The summed E-state index contributed by atoms with van der Waals surface area (Å²) in [6, 6.07) is 8.58. The lowest BCUT2D eigenvalue weighted by Gasteiger charge is -2.32. The van der Waals surface area contributed by atoms with E-state index in [0.717, 1.165) is 29.1 Å². The Kier molecular flexibility index (Phi) is 3.79. The van der Waals surface area contributed by atoms with Crippen molar-refractivity contribution in [2.45, 2.75) is 31.7 Å². The Morgan fingerprint density at radius 2 is 2.00 bits per heavy atom. The number of fused-ring (bicyclic) bond motifs is 1. The molecule has 0 aliphatic carbocycles. The van der Waals surface area contributed by atoms with E-state index in [-0.39, 0.29) is 0 Å². The Labute approximate surface area is 136 Å². The minimum Gasteiger partial charge on any atom is -0.303 e. The van der Waals surface area contributed by atoms with Crippen molar-refractivity contribution in [1.82, 2.24) is 24.4 Å². The summed E-state index contributed by atoms with van der Waals surface area (Å²) < 4.78 is 2.18. The monoisotopic (exact) mass is 307 g/mol. The molecule has 0 amide bonds. The first kappa shape index (κ1) is 14.3. The van der Waals surface area contributed by atoms with Gasteiger partial charge in [-0.25, -0.2) is 9.97 Å². The van der Waals surface area contributed by atoms with Gasteiger partial charge in [0.15, 0.2) is 5.65 Å². The fraction of sp³-hybridized carbons (Fsp3) is 0.389. The third-order valence-electron chi connectivity index (χ3n) is 4.75. The molecule has 3 aromatic heterocycles. The molecule has 0 spiro atoms. The number of rotatable bonds is 3. The number of likely N-dealkylation sites (tertiary alicyclic amines) is 1. The molecule has 5 nitrogen and oxygen atoms in total. The Morgan fingerprint density at radius 3 is 2.83 bits per heavy atom. The molecule has 1 atom stereocenters. The second-order valence-electron chi connectivity index (χ2n) is 6.25. The van der Waals surface area contributed by atoms with E-state index < -0.39 is 0 Å². The summed E-state index contributed by atoms with van der Waals surface area (Å²) in [5.74, 6) is 1.09. The van der Waals surface area contributed by atoms with Crippen molar-refractivity contribution in [3.8, 4) is 5.69 Å². The molecule has 118 valence electrons. The van der Waals surface area contributed by atoms with Crippen LogP contribution in [0.3, 0.4) is 0 Å². The highest BCUT2D eigenvalue weighted by Crippen LogP contribution is 2.24. The first-order valence-electron chi connectivity index (χ1n) is 8.26. The third kappa shape index (κ3) is 2.72. The molecule has 0 bridgehead atoms. The fourth-order valence-electron chi connectivity index (χ4n) is 3.47. The van der Waals surface area contributed by atoms with Crippen molar-refractivity contribution in [3.63, 3.8) is 0 Å². The van der Waals surface area contributed by atoms with Crippen LogP contribution in [0.25, 0.3) is 16.9 Å². The van der Waals surface area contributed by atoms with Gasteiger partial charge in [0.05, 0.1) is 5.69 Å². The van der Waals surface area contributed by atoms with E-state index in [1.54, 1.807) is 0 Å². The van der Waals surface area contributed by atoms with Gasteiger partial charge in [0.1, 0.15) is 11.3 Å². The maximum Gasteiger partial charge on any atom is 0.164 e. The number of imidazole rings is 1. The van der Waals surface area contributed by atoms with Crippen molar-refractivity contribution < 1.29 is 0 Å². The summed E-state index contributed by atoms with van der Waals surface area (Å²) in [7, 11) is 2.22. The fourth-order valence-corrected chi connectivity index (χ4v) is 3.47. The van der Waals surface area contributed by atoms with Gasteiger partial charge in [0.25, 0.3) is 0 Å². The van der Waals surface area contributed by atoms with Crippen LogP contribution in [-0.4, -0.2) is 44.1 Å². The van der Waals surface area contributed by atoms with Gasteiger partial charge in [0, 0.05) is 31.1 Å². The molecule has 1 unspecified atom stereocenters. The topological polar surface area (TPSA) is 46.8 Å². The molecule has 4 rings (SSSR count). The van der Waals surface area contributed by atoms with Gasteiger partial charge in [0.2, 0.25) is 0 Å². The Morgan fingerprint density at radius 1 is 1.13 bits per heavy atom. The summed E-state index contributed by atoms with van der Waals surface area (Å²) in [4.78, 5) is 16.0. The van der Waals surface area contributed by atoms with E-state index in [1.165, 1.54) is 25.8 Å². The van der Waals surface area contributed by atoms with Crippen LogP contribution in [0.4, 0.5) is 0 Å². The predicted molar refractivity (Wildman–Crippen MR) is 90.6 cm³/mol. The van der Waals surface area contributed by atoms with E-state index >= 15 is 0 Å². The molecular weight excluding hydrogens is 286 g/mol. The van der Waals surface area contributed by atoms with Crippen molar-refractivity contribution >= 4 is 11.2 Å². The summed E-state index contributed by atoms with van der Waals surface area (Å²) in [6.07, 6.45) is 10.3. The Balaban J connectivity index is 1.79. The number of hydrogen-bond acceptors (Lipinski definition) is 4. The SMILES string of the molecule is CN1CCCCC1Cc1nc2cccnc2n1-c1ccncc1. The molecule has 23 heavy (non-hydrogen) atoms. The van der Waals surface area contributed by atoms with Gasteiger partial charge >= 0.3 is 0 Å². The van der Waals surface area contributed by atoms with Gasteiger partial charge in [-0.1, -0.05) is 6.42 Å². The molecule has 0 N–H and O–H groups in total. The summed E-state index contributed by atoms with van der Waals surface area (Å²) in [5.41, 5.74) is 2.96. The zero-order chi connectivity index (χ0) is 15.6. The third-order valence-corrected chi connectivity index (χ3v) is 4.75. The standard InChI is InChI=1S/C18H21N5/c1-22-12-3-2-5-15(22)13-17-21-16-6-4-9-20-18(16)23(17)14-7-10-19-11-8-14/h4,6-11,15H,2-3,5,12-13H2,1H3. The van der Waals surface area contributed by atoms with Crippen LogP contribution in [0.5, 0.6) is 0 Å². The number of pyridine rings is 2. The highest BCUT2D eigenvalue weighted by atomic mass is 15.2. The average molecular weight is 307 g/mol. The van der Waals surface area contributed by atoms with Crippen LogP contribution in [0.2, 0.25) is 0 Å².